The molecule has 1 aromatic heterocycles. The monoisotopic (exact) mass is 260 g/mol. The summed E-state index contributed by atoms with van der Waals surface area (Å²) >= 11 is 1.15. The SMILES string of the molecule is Nc1ccc2oc(Sc3ccccc3F)nc2c1. The van der Waals surface area contributed by atoms with Crippen LogP contribution in [-0.2, 0) is 0 Å². The number of nitrogens with zero attached hydrogens (tertiary/aromatic N) is 1. The highest BCUT2D eigenvalue weighted by atomic mass is 32.2. The Morgan fingerprint density at radius 2 is 2.00 bits per heavy atom. The van der Waals surface area contributed by atoms with Crippen molar-refractivity contribution >= 4 is 28.5 Å². The van der Waals surface area contributed by atoms with E-state index < -0.39 is 0 Å². The lowest BCUT2D eigenvalue weighted by Gasteiger charge is -1.97. The number of hydrogen-bond acceptors (Lipinski definition) is 4. The van der Waals surface area contributed by atoms with Gasteiger partial charge in [-0.05, 0) is 42.1 Å². The Labute approximate surface area is 107 Å². The topological polar surface area (TPSA) is 52.0 Å². The van der Waals surface area contributed by atoms with Crippen LogP contribution in [0.15, 0.2) is 57.0 Å². The summed E-state index contributed by atoms with van der Waals surface area (Å²) in [5.41, 5.74) is 7.60. The van der Waals surface area contributed by atoms with Crippen LogP contribution in [-0.4, -0.2) is 4.98 Å². The summed E-state index contributed by atoms with van der Waals surface area (Å²) in [6.45, 7) is 0. The smallest absolute Gasteiger partial charge is 0.261 e. The number of hydrogen-bond donors (Lipinski definition) is 1. The third kappa shape index (κ3) is 2.04. The Morgan fingerprint density at radius 1 is 1.17 bits per heavy atom. The molecule has 0 aliphatic carbocycles. The van der Waals surface area contributed by atoms with Gasteiger partial charge in [-0.25, -0.2) is 9.37 Å². The second-order valence-electron chi connectivity index (χ2n) is 3.74. The lowest BCUT2D eigenvalue weighted by molar-refractivity contribution is 0.488. The van der Waals surface area contributed by atoms with E-state index in [-0.39, 0.29) is 5.82 Å². The van der Waals surface area contributed by atoms with E-state index in [9.17, 15) is 4.39 Å². The molecule has 0 atom stereocenters. The van der Waals surface area contributed by atoms with Crippen molar-refractivity contribution in [2.75, 3.05) is 5.73 Å². The molecule has 0 radical (unpaired) electrons. The molecule has 18 heavy (non-hydrogen) atoms. The molecule has 3 aromatic rings. The van der Waals surface area contributed by atoms with E-state index in [2.05, 4.69) is 4.98 Å². The summed E-state index contributed by atoms with van der Waals surface area (Å²) in [6.07, 6.45) is 0. The summed E-state index contributed by atoms with van der Waals surface area (Å²) in [4.78, 5) is 4.74. The Bertz CT molecular complexity index is 711. The molecule has 0 aliphatic rings. The third-order valence-electron chi connectivity index (χ3n) is 2.43. The van der Waals surface area contributed by atoms with Crippen molar-refractivity contribution in [2.24, 2.45) is 0 Å². The molecule has 0 aliphatic heterocycles. The molecule has 2 aromatic carbocycles. The van der Waals surface area contributed by atoms with Gasteiger partial charge in [-0.2, -0.15) is 0 Å². The molecule has 1 heterocycles. The van der Waals surface area contributed by atoms with Crippen LogP contribution >= 0.6 is 11.8 Å². The highest BCUT2D eigenvalue weighted by Gasteiger charge is 2.10. The summed E-state index contributed by atoms with van der Waals surface area (Å²) in [7, 11) is 0. The number of nitrogen functional groups attached to an aromatic ring is 1. The molecule has 0 saturated heterocycles. The van der Waals surface area contributed by atoms with Gasteiger partial charge in [-0.15, -0.1) is 0 Å². The van der Waals surface area contributed by atoms with E-state index in [4.69, 9.17) is 10.2 Å². The number of fused-ring (bicyclic) bond motifs is 1. The van der Waals surface area contributed by atoms with Crippen molar-refractivity contribution in [2.45, 2.75) is 10.1 Å². The number of anilines is 1. The maximum absolute atomic E-state index is 13.5. The fourth-order valence-electron chi connectivity index (χ4n) is 1.59. The largest absolute Gasteiger partial charge is 0.431 e. The van der Waals surface area contributed by atoms with Crippen LogP contribution in [0.2, 0.25) is 0 Å². The quantitative estimate of drug-likeness (QED) is 0.714. The van der Waals surface area contributed by atoms with Gasteiger partial charge in [0.15, 0.2) is 5.58 Å². The first-order valence-electron chi connectivity index (χ1n) is 5.31. The predicted molar refractivity (Wildman–Crippen MR) is 68.9 cm³/mol. The molecule has 0 unspecified atom stereocenters. The fraction of sp³-hybridized carbons (Fsp3) is 0. The van der Waals surface area contributed by atoms with E-state index in [1.54, 1.807) is 36.4 Å². The van der Waals surface area contributed by atoms with Crippen LogP contribution in [0, 0.1) is 5.82 Å². The highest BCUT2D eigenvalue weighted by molar-refractivity contribution is 7.99. The highest BCUT2D eigenvalue weighted by Crippen LogP contribution is 2.31. The standard InChI is InChI=1S/C13H9FN2OS/c14-9-3-1-2-4-12(9)18-13-16-10-7-8(15)5-6-11(10)17-13/h1-7H,15H2. The van der Waals surface area contributed by atoms with Crippen molar-refractivity contribution in [3.8, 4) is 0 Å². The van der Waals surface area contributed by atoms with Crippen LogP contribution < -0.4 is 5.73 Å². The minimum atomic E-state index is -0.288. The minimum absolute atomic E-state index is 0.288. The van der Waals surface area contributed by atoms with Crippen molar-refractivity contribution in [3.05, 3.63) is 48.3 Å². The minimum Gasteiger partial charge on any atom is -0.431 e. The van der Waals surface area contributed by atoms with Crippen molar-refractivity contribution in [1.82, 2.24) is 4.98 Å². The Hall–Kier alpha value is -2.01. The number of rotatable bonds is 2. The van der Waals surface area contributed by atoms with E-state index in [0.717, 1.165) is 11.8 Å². The molecule has 3 nitrogen and oxygen atoms in total. The molecule has 2 N–H and O–H groups in total. The lowest BCUT2D eigenvalue weighted by atomic mass is 10.3. The van der Waals surface area contributed by atoms with Gasteiger partial charge in [0, 0.05) is 5.69 Å². The Kier molecular flexibility index (Phi) is 2.68. The molecule has 0 spiro atoms. The van der Waals surface area contributed by atoms with Crippen LogP contribution in [0.1, 0.15) is 0 Å². The number of halogens is 1. The maximum Gasteiger partial charge on any atom is 0.261 e. The van der Waals surface area contributed by atoms with Gasteiger partial charge in [0.1, 0.15) is 11.3 Å². The van der Waals surface area contributed by atoms with E-state index >= 15 is 0 Å². The second kappa shape index (κ2) is 4.34. The van der Waals surface area contributed by atoms with Gasteiger partial charge in [0.2, 0.25) is 0 Å². The summed E-state index contributed by atoms with van der Waals surface area (Å²) in [6, 6.07) is 11.7. The molecule has 0 bridgehead atoms. The van der Waals surface area contributed by atoms with Crippen LogP contribution in [0.25, 0.3) is 11.1 Å². The van der Waals surface area contributed by atoms with Crippen molar-refractivity contribution in [1.29, 1.82) is 0 Å². The number of benzene rings is 2. The Balaban J connectivity index is 1.98. The Morgan fingerprint density at radius 3 is 2.83 bits per heavy atom. The fourth-order valence-corrected chi connectivity index (χ4v) is 2.36. The zero-order valence-corrected chi connectivity index (χ0v) is 10.1. The van der Waals surface area contributed by atoms with Crippen molar-refractivity contribution in [3.63, 3.8) is 0 Å². The molecule has 0 amide bonds. The molecule has 5 heteroatoms. The number of nitrogens with two attached hydrogens (primary N) is 1. The number of aromatic nitrogens is 1. The van der Waals surface area contributed by atoms with Gasteiger partial charge in [-0.3, -0.25) is 0 Å². The summed E-state index contributed by atoms with van der Waals surface area (Å²) < 4.78 is 19.0. The van der Waals surface area contributed by atoms with Gasteiger partial charge >= 0.3 is 0 Å². The summed E-state index contributed by atoms with van der Waals surface area (Å²) in [5, 5.41) is 0.403. The van der Waals surface area contributed by atoms with Gasteiger partial charge < -0.3 is 10.2 Å². The van der Waals surface area contributed by atoms with E-state index in [1.807, 2.05) is 0 Å². The summed E-state index contributed by atoms with van der Waals surface area (Å²) in [5.74, 6) is -0.288. The lowest BCUT2D eigenvalue weighted by Crippen LogP contribution is -1.82. The van der Waals surface area contributed by atoms with Crippen molar-refractivity contribution < 1.29 is 8.81 Å². The van der Waals surface area contributed by atoms with E-state index in [1.165, 1.54) is 6.07 Å². The van der Waals surface area contributed by atoms with Gasteiger partial charge in [-0.1, -0.05) is 12.1 Å². The molecule has 0 fully saturated rings. The average Bonchev–Trinajstić information content (AvgIpc) is 2.73. The third-order valence-corrected chi connectivity index (χ3v) is 3.33. The molecule has 0 saturated carbocycles. The zero-order chi connectivity index (χ0) is 12.5. The van der Waals surface area contributed by atoms with Crippen LogP contribution in [0.5, 0.6) is 0 Å². The first-order chi connectivity index (χ1) is 8.72. The van der Waals surface area contributed by atoms with Crippen LogP contribution in [0.4, 0.5) is 10.1 Å². The first-order valence-corrected chi connectivity index (χ1v) is 6.12. The van der Waals surface area contributed by atoms with E-state index in [0.29, 0.717) is 26.9 Å². The average molecular weight is 260 g/mol. The zero-order valence-electron chi connectivity index (χ0n) is 9.26. The van der Waals surface area contributed by atoms with Gasteiger partial charge in [0.05, 0.1) is 4.90 Å². The molecule has 3 rings (SSSR count). The second-order valence-corrected chi connectivity index (χ2v) is 4.73. The molecular weight excluding hydrogens is 251 g/mol. The van der Waals surface area contributed by atoms with Gasteiger partial charge in [0.25, 0.3) is 5.22 Å². The first kappa shape index (κ1) is 11.1. The maximum atomic E-state index is 13.5. The molecule has 90 valence electrons. The predicted octanol–water partition coefficient (Wildman–Crippen LogP) is 3.70. The molecular formula is C13H9FN2OS. The van der Waals surface area contributed by atoms with Crippen LogP contribution in [0.3, 0.4) is 0 Å². The number of oxazole rings is 1. The normalized spacial score (nSPS) is 10.9.